The van der Waals surface area contributed by atoms with Gasteiger partial charge in [0.25, 0.3) is 0 Å². The Morgan fingerprint density at radius 1 is 1.47 bits per heavy atom. The third-order valence-electron chi connectivity index (χ3n) is 1.81. The molecule has 0 saturated carbocycles. The van der Waals surface area contributed by atoms with Crippen LogP contribution in [-0.2, 0) is 4.74 Å². The molecule has 0 fully saturated rings. The molecule has 0 aliphatic carbocycles. The van der Waals surface area contributed by atoms with Gasteiger partial charge in [0.2, 0.25) is 0 Å². The summed E-state index contributed by atoms with van der Waals surface area (Å²) in [5, 5.41) is 18.2. The highest BCUT2D eigenvalue weighted by Gasteiger charge is 2.14. The van der Waals surface area contributed by atoms with Crippen LogP contribution in [0.2, 0.25) is 0 Å². The molecule has 15 heavy (non-hydrogen) atoms. The fourth-order valence-electron chi connectivity index (χ4n) is 1.15. The van der Waals surface area contributed by atoms with Crippen molar-refractivity contribution >= 4 is 5.97 Å². The van der Waals surface area contributed by atoms with Gasteiger partial charge in [-0.05, 0) is 12.1 Å². The van der Waals surface area contributed by atoms with Crippen LogP contribution in [0.1, 0.15) is 15.9 Å². The van der Waals surface area contributed by atoms with Gasteiger partial charge in [0.1, 0.15) is 6.07 Å². The van der Waals surface area contributed by atoms with Gasteiger partial charge in [-0.1, -0.05) is 0 Å². The number of phenolic OH excluding ortho intramolecular Hbond substituents is 1. The number of phenols is 1. The van der Waals surface area contributed by atoms with Crippen LogP contribution in [0.5, 0.6) is 11.5 Å². The van der Waals surface area contributed by atoms with Crippen molar-refractivity contribution in [3.05, 3.63) is 23.3 Å². The average Bonchev–Trinajstić information content (AvgIpc) is 2.26. The number of esters is 1. The summed E-state index contributed by atoms with van der Waals surface area (Å²) < 4.78 is 9.27. The number of nitrogens with zero attached hydrogens (tertiary/aromatic N) is 1. The van der Waals surface area contributed by atoms with Crippen molar-refractivity contribution in [1.29, 1.82) is 5.26 Å². The van der Waals surface area contributed by atoms with Crippen molar-refractivity contribution in [2.24, 2.45) is 0 Å². The normalized spacial score (nSPS) is 9.13. The van der Waals surface area contributed by atoms with E-state index < -0.39 is 5.97 Å². The van der Waals surface area contributed by atoms with Crippen LogP contribution in [0.25, 0.3) is 0 Å². The zero-order chi connectivity index (χ0) is 11.4. The lowest BCUT2D eigenvalue weighted by molar-refractivity contribution is 0.0600. The molecule has 0 aliphatic rings. The van der Waals surface area contributed by atoms with Gasteiger partial charge >= 0.3 is 5.97 Å². The third kappa shape index (κ3) is 1.99. The number of nitriles is 1. The molecule has 5 heteroatoms. The predicted octanol–water partition coefficient (Wildman–Crippen LogP) is 1.06. The molecule has 78 valence electrons. The fraction of sp³-hybridized carbons (Fsp3) is 0.200. The molecule has 0 unspecified atom stereocenters. The van der Waals surface area contributed by atoms with Crippen LogP contribution in [0, 0.1) is 11.3 Å². The molecule has 1 aromatic carbocycles. The van der Waals surface area contributed by atoms with E-state index in [0.717, 1.165) is 0 Å². The van der Waals surface area contributed by atoms with Crippen LogP contribution in [0.15, 0.2) is 12.1 Å². The summed E-state index contributed by atoms with van der Waals surface area (Å²) in [6.45, 7) is 0. The summed E-state index contributed by atoms with van der Waals surface area (Å²) in [5.74, 6) is -0.841. The topological polar surface area (TPSA) is 79.6 Å². The number of hydrogen-bond donors (Lipinski definition) is 1. The number of carbonyl (C=O) groups excluding carboxylic acids is 1. The molecule has 1 aromatic rings. The number of rotatable bonds is 2. The van der Waals surface area contributed by atoms with Crippen LogP contribution < -0.4 is 4.74 Å². The minimum Gasteiger partial charge on any atom is -0.504 e. The number of carbonyl (C=O) groups is 1. The van der Waals surface area contributed by atoms with E-state index in [2.05, 4.69) is 4.74 Å². The molecule has 0 amide bonds. The van der Waals surface area contributed by atoms with Gasteiger partial charge in [-0.3, -0.25) is 0 Å². The Bertz CT molecular complexity index is 434. The van der Waals surface area contributed by atoms with E-state index in [1.54, 1.807) is 0 Å². The van der Waals surface area contributed by atoms with Gasteiger partial charge in [-0.15, -0.1) is 0 Å². The lowest BCUT2D eigenvalue weighted by Crippen LogP contribution is -2.02. The van der Waals surface area contributed by atoms with Crippen LogP contribution in [-0.4, -0.2) is 25.3 Å². The maximum absolute atomic E-state index is 11.1. The summed E-state index contributed by atoms with van der Waals surface area (Å²) in [6, 6.07) is 4.30. The molecule has 0 saturated heterocycles. The Morgan fingerprint density at radius 2 is 2.13 bits per heavy atom. The van der Waals surface area contributed by atoms with Gasteiger partial charge in [0.05, 0.1) is 25.3 Å². The number of ether oxygens (including phenoxy) is 2. The minimum atomic E-state index is -0.621. The Labute approximate surface area is 86.5 Å². The first kappa shape index (κ1) is 10.9. The first-order chi connectivity index (χ1) is 7.13. The van der Waals surface area contributed by atoms with Gasteiger partial charge in [0, 0.05) is 0 Å². The molecular formula is C10H9NO4. The molecular weight excluding hydrogens is 198 g/mol. The third-order valence-corrected chi connectivity index (χ3v) is 1.81. The first-order valence-electron chi connectivity index (χ1n) is 4.03. The molecule has 0 bridgehead atoms. The van der Waals surface area contributed by atoms with E-state index in [1.165, 1.54) is 26.4 Å². The highest BCUT2D eigenvalue weighted by atomic mass is 16.5. The number of hydrogen-bond acceptors (Lipinski definition) is 5. The zero-order valence-electron chi connectivity index (χ0n) is 8.27. The van der Waals surface area contributed by atoms with E-state index in [4.69, 9.17) is 10.00 Å². The zero-order valence-corrected chi connectivity index (χ0v) is 8.27. The second-order valence-electron chi connectivity index (χ2n) is 2.68. The van der Waals surface area contributed by atoms with Crippen molar-refractivity contribution in [3.63, 3.8) is 0 Å². The Morgan fingerprint density at radius 3 is 2.60 bits per heavy atom. The Kier molecular flexibility index (Phi) is 3.13. The van der Waals surface area contributed by atoms with Crippen LogP contribution in [0.3, 0.4) is 0 Å². The van der Waals surface area contributed by atoms with Crippen LogP contribution >= 0.6 is 0 Å². The molecule has 0 atom stereocenters. The largest absolute Gasteiger partial charge is 0.504 e. The standard InChI is InChI=1S/C10H9NO4/c1-14-9-7(5-11)3-6(4-8(9)12)10(13)15-2/h3-4,12H,1-2H3. The second kappa shape index (κ2) is 4.33. The second-order valence-corrected chi connectivity index (χ2v) is 2.68. The van der Waals surface area contributed by atoms with Crippen molar-refractivity contribution < 1.29 is 19.4 Å². The lowest BCUT2D eigenvalue weighted by Gasteiger charge is -2.07. The molecule has 0 spiro atoms. The van der Waals surface area contributed by atoms with Crippen LogP contribution in [0.4, 0.5) is 0 Å². The Hall–Kier alpha value is -2.22. The monoisotopic (exact) mass is 207 g/mol. The quantitative estimate of drug-likeness (QED) is 0.733. The summed E-state index contributed by atoms with van der Waals surface area (Å²) >= 11 is 0. The Balaban J connectivity index is 3.33. The van der Waals surface area contributed by atoms with E-state index >= 15 is 0 Å². The maximum Gasteiger partial charge on any atom is 0.338 e. The van der Waals surface area contributed by atoms with Gasteiger partial charge < -0.3 is 14.6 Å². The summed E-state index contributed by atoms with van der Waals surface area (Å²) in [4.78, 5) is 11.1. The van der Waals surface area contributed by atoms with Crippen molar-refractivity contribution in [1.82, 2.24) is 0 Å². The first-order valence-corrected chi connectivity index (χ1v) is 4.03. The summed E-state index contributed by atoms with van der Waals surface area (Å²) in [7, 11) is 2.55. The molecule has 1 rings (SSSR count). The predicted molar refractivity (Wildman–Crippen MR) is 50.7 cm³/mol. The molecule has 5 nitrogen and oxygen atoms in total. The maximum atomic E-state index is 11.1. The van der Waals surface area contributed by atoms with Gasteiger partial charge in [-0.2, -0.15) is 5.26 Å². The highest BCUT2D eigenvalue weighted by molar-refractivity contribution is 5.90. The van der Waals surface area contributed by atoms with Crippen molar-refractivity contribution in [2.45, 2.75) is 0 Å². The molecule has 0 aliphatic heterocycles. The molecule has 1 N–H and O–H groups in total. The SMILES string of the molecule is COC(=O)c1cc(O)c(OC)c(C#N)c1. The number of aromatic hydroxyl groups is 1. The van der Waals surface area contributed by atoms with Crippen molar-refractivity contribution in [2.75, 3.05) is 14.2 Å². The fourth-order valence-corrected chi connectivity index (χ4v) is 1.15. The lowest BCUT2D eigenvalue weighted by atomic mass is 10.1. The highest BCUT2D eigenvalue weighted by Crippen LogP contribution is 2.31. The number of benzene rings is 1. The van der Waals surface area contributed by atoms with E-state index in [1.807, 2.05) is 6.07 Å². The molecule has 0 aromatic heterocycles. The summed E-state index contributed by atoms with van der Waals surface area (Å²) in [5.41, 5.74) is 0.185. The smallest absolute Gasteiger partial charge is 0.338 e. The van der Waals surface area contributed by atoms with E-state index in [-0.39, 0.29) is 22.6 Å². The van der Waals surface area contributed by atoms with E-state index in [0.29, 0.717) is 0 Å². The van der Waals surface area contributed by atoms with Crippen molar-refractivity contribution in [3.8, 4) is 17.6 Å². The van der Waals surface area contributed by atoms with E-state index in [9.17, 15) is 9.90 Å². The van der Waals surface area contributed by atoms with Gasteiger partial charge in [0.15, 0.2) is 11.5 Å². The molecule has 0 radical (unpaired) electrons. The average molecular weight is 207 g/mol. The minimum absolute atomic E-state index is 0.0464. The molecule has 0 heterocycles. The summed E-state index contributed by atoms with van der Waals surface area (Å²) in [6.07, 6.45) is 0. The van der Waals surface area contributed by atoms with Gasteiger partial charge in [-0.25, -0.2) is 4.79 Å². The number of methoxy groups -OCH3 is 2.